The quantitative estimate of drug-likeness (QED) is 0.740. The minimum absolute atomic E-state index is 0. The summed E-state index contributed by atoms with van der Waals surface area (Å²) in [6.45, 7) is 3.52. The maximum absolute atomic E-state index is 11.1. The summed E-state index contributed by atoms with van der Waals surface area (Å²) in [5.41, 5.74) is 0. The minimum Gasteiger partial charge on any atom is -0.311 e. The van der Waals surface area contributed by atoms with Crippen molar-refractivity contribution < 1.29 is 8.42 Å². The van der Waals surface area contributed by atoms with E-state index in [2.05, 4.69) is 10.0 Å². The molecule has 16 heavy (non-hydrogen) atoms. The summed E-state index contributed by atoms with van der Waals surface area (Å²) in [6, 6.07) is 4.05. The average Bonchev–Trinajstić information content (AvgIpc) is 2.70. The lowest BCUT2D eigenvalue weighted by Gasteiger charge is -2.05. The maximum atomic E-state index is 11.1. The van der Waals surface area contributed by atoms with E-state index >= 15 is 0 Å². The van der Waals surface area contributed by atoms with Crippen molar-refractivity contribution in [2.75, 3.05) is 18.8 Å². The van der Waals surface area contributed by atoms with Crippen molar-refractivity contribution in [2.24, 2.45) is 0 Å². The molecule has 1 aromatic heterocycles. The van der Waals surface area contributed by atoms with Gasteiger partial charge in [-0.15, -0.1) is 23.7 Å². The van der Waals surface area contributed by atoms with Gasteiger partial charge in [-0.1, -0.05) is 6.07 Å². The third kappa shape index (κ3) is 6.44. The first-order valence-electron chi connectivity index (χ1n) is 4.84. The zero-order valence-corrected chi connectivity index (χ0v) is 11.6. The van der Waals surface area contributed by atoms with E-state index in [-0.39, 0.29) is 18.2 Å². The van der Waals surface area contributed by atoms with Crippen molar-refractivity contribution in [3.8, 4) is 0 Å². The van der Waals surface area contributed by atoms with Gasteiger partial charge in [0.25, 0.3) is 0 Å². The molecule has 0 bridgehead atoms. The van der Waals surface area contributed by atoms with Crippen LogP contribution in [0.3, 0.4) is 0 Å². The first-order valence-corrected chi connectivity index (χ1v) is 7.37. The van der Waals surface area contributed by atoms with Crippen molar-refractivity contribution in [3.05, 3.63) is 22.4 Å². The third-order valence-corrected chi connectivity index (χ3v) is 4.16. The normalized spacial score (nSPS) is 11.1. The lowest BCUT2D eigenvalue weighted by atomic mass is 10.4. The number of hydrogen-bond acceptors (Lipinski definition) is 4. The highest BCUT2D eigenvalue weighted by molar-refractivity contribution is 7.89. The predicted molar refractivity (Wildman–Crippen MR) is 70.7 cm³/mol. The third-order valence-electron chi connectivity index (χ3n) is 1.88. The molecule has 0 radical (unpaired) electrons. The highest BCUT2D eigenvalue weighted by Gasteiger charge is 2.03. The maximum Gasteiger partial charge on any atom is 0.211 e. The number of nitrogens with one attached hydrogen (secondary N) is 2. The van der Waals surface area contributed by atoms with E-state index in [1.165, 1.54) is 4.88 Å². The molecule has 0 aromatic carbocycles. The van der Waals surface area contributed by atoms with E-state index < -0.39 is 10.0 Å². The Bertz CT molecular complexity index is 365. The van der Waals surface area contributed by atoms with Gasteiger partial charge in [0.1, 0.15) is 0 Å². The molecule has 0 aliphatic carbocycles. The van der Waals surface area contributed by atoms with E-state index in [1.807, 2.05) is 17.5 Å². The van der Waals surface area contributed by atoms with Crippen LogP contribution in [0.1, 0.15) is 11.8 Å². The average molecular weight is 285 g/mol. The van der Waals surface area contributed by atoms with Crippen LogP contribution in [0.15, 0.2) is 17.5 Å². The van der Waals surface area contributed by atoms with Gasteiger partial charge in [0, 0.05) is 24.5 Å². The smallest absolute Gasteiger partial charge is 0.211 e. The van der Waals surface area contributed by atoms with E-state index in [0.717, 1.165) is 6.54 Å². The molecule has 2 N–H and O–H groups in total. The van der Waals surface area contributed by atoms with Crippen molar-refractivity contribution >= 4 is 33.8 Å². The fraction of sp³-hybridized carbons (Fsp3) is 0.556. The number of rotatable bonds is 7. The summed E-state index contributed by atoms with van der Waals surface area (Å²) in [5.74, 6) is 0.137. The fourth-order valence-electron chi connectivity index (χ4n) is 1.02. The molecule has 0 spiro atoms. The Morgan fingerprint density at radius 3 is 2.69 bits per heavy atom. The Labute approximate surface area is 107 Å². The van der Waals surface area contributed by atoms with Crippen molar-refractivity contribution in [2.45, 2.75) is 13.5 Å². The molecule has 1 rings (SSSR count). The van der Waals surface area contributed by atoms with Crippen molar-refractivity contribution in [3.63, 3.8) is 0 Å². The second kappa shape index (κ2) is 8.03. The molecule has 0 saturated heterocycles. The Hall–Kier alpha value is -0.140. The first kappa shape index (κ1) is 15.9. The van der Waals surface area contributed by atoms with Crippen LogP contribution in [0.4, 0.5) is 0 Å². The fourth-order valence-corrected chi connectivity index (χ4v) is 2.31. The molecule has 0 aliphatic rings. The lowest BCUT2D eigenvalue weighted by Crippen LogP contribution is -2.32. The second-order valence-electron chi connectivity index (χ2n) is 3.05. The number of hydrogen-bond donors (Lipinski definition) is 2. The van der Waals surface area contributed by atoms with Crippen molar-refractivity contribution in [1.82, 2.24) is 10.0 Å². The minimum atomic E-state index is -3.04. The molecule has 1 heterocycles. The Balaban J connectivity index is 0.00000225. The van der Waals surface area contributed by atoms with Crippen LogP contribution < -0.4 is 10.0 Å². The van der Waals surface area contributed by atoms with Crippen LogP contribution in [0, 0.1) is 0 Å². The Kier molecular flexibility index (Phi) is 7.96. The van der Waals surface area contributed by atoms with E-state index in [1.54, 1.807) is 18.3 Å². The van der Waals surface area contributed by atoms with E-state index in [4.69, 9.17) is 0 Å². The van der Waals surface area contributed by atoms with Crippen LogP contribution in [0.5, 0.6) is 0 Å². The van der Waals surface area contributed by atoms with Crippen LogP contribution in [-0.2, 0) is 16.6 Å². The summed E-state index contributed by atoms with van der Waals surface area (Å²) < 4.78 is 24.6. The Morgan fingerprint density at radius 1 is 1.38 bits per heavy atom. The number of halogens is 1. The Morgan fingerprint density at radius 2 is 2.12 bits per heavy atom. The molecule has 1 aromatic rings. The van der Waals surface area contributed by atoms with Crippen LogP contribution in [0.2, 0.25) is 0 Å². The molecule has 0 amide bonds. The molecule has 0 aliphatic heterocycles. The van der Waals surface area contributed by atoms with Crippen LogP contribution in [0.25, 0.3) is 0 Å². The van der Waals surface area contributed by atoms with E-state index in [9.17, 15) is 8.42 Å². The molecule has 7 heteroatoms. The van der Waals surface area contributed by atoms with E-state index in [0.29, 0.717) is 13.1 Å². The molecule has 0 saturated carbocycles. The molecule has 0 fully saturated rings. The van der Waals surface area contributed by atoms with Gasteiger partial charge in [-0.05, 0) is 18.4 Å². The largest absolute Gasteiger partial charge is 0.311 e. The number of sulfonamides is 1. The van der Waals surface area contributed by atoms with Gasteiger partial charge < -0.3 is 5.32 Å². The summed E-state index contributed by atoms with van der Waals surface area (Å²) in [5, 5.41) is 5.19. The van der Waals surface area contributed by atoms with Crippen LogP contribution in [-0.4, -0.2) is 27.3 Å². The van der Waals surface area contributed by atoms with Gasteiger partial charge in [-0.2, -0.15) is 0 Å². The number of thiophene rings is 1. The monoisotopic (exact) mass is 284 g/mol. The zero-order chi connectivity index (χ0) is 11.1. The van der Waals surface area contributed by atoms with Gasteiger partial charge in [0.2, 0.25) is 10.0 Å². The highest BCUT2D eigenvalue weighted by atomic mass is 35.5. The zero-order valence-electron chi connectivity index (χ0n) is 9.10. The van der Waals surface area contributed by atoms with Gasteiger partial charge in [-0.25, -0.2) is 13.1 Å². The molecule has 94 valence electrons. The van der Waals surface area contributed by atoms with Crippen LogP contribution >= 0.6 is 23.7 Å². The molecular formula is C9H17ClN2O2S2. The highest BCUT2D eigenvalue weighted by Crippen LogP contribution is 2.06. The first-order chi connectivity index (χ1) is 7.14. The molecule has 0 atom stereocenters. The predicted octanol–water partition coefficient (Wildman–Crippen LogP) is 1.20. The van der Waals surface area contributed by atoms with Gasteiger partial charge in [0.15, 0.2) is 0 Å². The standard InChI is InChI=1S/C9H16N2O2S2.ClH/c1-2-15(12,13)11-6-5-10-8-9-4-3-7-14-9;/h3-4,7,10-11H,2,5-6,8H2,1H3;1H. The molecule has 4 nitrogen and oxygen atoms in total. The van der Waals surface area contributed by atoms with Gasteiger partial charge in [-0.3, -0.25) is 0 Å². The second-order valence-corrected chi connectivity index (χ2v) is 6.18. The van der Waals surface area contributed by atoms with Gasteiger partial charge in [0.05, 0.1) is 5.75 Å². The SMILES string of the molecule is CCS(=O)(=O)NCCNCc1cccs1.Cl. The topological polar surface area (TPSA) is 58.2 Å². The molecular weight excluding hydrogens is 268 g/mol. The summed E-state index contributed by atoms with van der Waals surface area (Å²) >= 11 is 1.69. The summed E-state index contributed by atoms with van der Waals surface area (Å²) in [4.78, 5) is 1.26. The molecule has 0 unspecified atom stereocenters. The van der Waals surface area contributed by atoms with Crippen molar-refractivity contribution in [1.29, 1.82) is 0 Å². The lowest BCUT2D eigenvalue weighted by molar-refractivity contribution is 0.577. The van der Waals surface area contributed by atoms with Gasteiger partial charge >= 0.3 is 0 Å². The summed E-state index contributed by atoms with van der Waals surface area (Å²) in [6.07, 6.45) is 0. The summed E-state index contributed by atoms with van der Waals surface area (Å²) in [7, 11) is -3.04.